The van der Waals surface area contributed by atoms with Crippen molar-refractivity contribution in [3.8, 4) is 5.75 Å². The second-order valence-corrected chi connectivity index (χ2v) is 5.30. The number of benzene rings is 2. The van der Waals surface area contributed by atoms with Gasteiger partial charge in [0.05, 0.1) is 6.04 Å². The van der Waals surface area contributed by atoms with Gasteiger partial charge < -0.3 is 10.5 Å². The van der Waals surface area contributed by atoms with Crippen molar-refractivity contribution in [3.05, 3.63) is 64.2 Å². The van der Waals surface area contributed by atoms with Gasteiger partial charge in [-0.25, -0.2) is 8.78 Å². The number of aryl methyl sites for hydroxylation is 3. The standard InChI is InChI=1S/C17H19F2NO/c1-10-6-11(2)17(12(3)7-10)15(20)9-21-16-8-13(18)4-5-14(16)19/h4-8,15H,9,20H2,1-3H3. The van der Waals surface area contributed by atoms with Gasteiger partial charge in [0, 0.05) is 6.07 Å². The largest absolute Gasteiger partial charge is 0.488 e. The Kier molecular flexibility index (Phi) is 4.58. The fraction of sp³-hybridized carbons (Fsp3) is 0.294. The van der Waals surface area contributed by atoms with Gasteiger partial charge in [-0.05, 0) is 49.6 Å². The van der Waals surface area contributed by atoms with Gasteiger partial charge in [0.1, 0.15) is 12.4 Å². The molecule has 0 spiro atoms. The summed E-state index contributed by atoms with van der Waals surface area (Å²) in [6.07, 6.45) is 0. The first kappa shape index (κ1) is 15.4. The molecule has 2 rings (SSSR count). The van der Waals surface area contributed by atoms with Crippen LogP contribution in [-0.4, -0.2) is 6.61 Å². The van der Waals surface area contributed by atoms with Crippen LogP contribution in [0.1, 0.15) is 28.3 Å². The average molecular weight is 291 g/mol. The molecule has 1 unspecified atom stereocenters. The lowest BCUT2D eigenvalue weighted by Gasteiger charge is -2.19. The molecule has 2 N–H and O–H groups in total. The number of hydrogen-bond acceptors (Lipinski definition) is 2. The maximum atomic E-state index is 13.5. The van der Waals surface area contributed by atoms with E-state index in [0.717, 1.165) is 40.5 Å². The van der Waals surface area contributed by atoms with Crippen LogP contribution in [0.15, 0.2) is 30.3 Å². The molecule has 0 aliphatic rings. The van der Waals surface area contributed by atoms with E-state index in [1.54, 1.807) is 0 Å². The van der Waals surface area contributed by atoms with Crippen LogP contribution in [-0.2, 0) is 0 Å². The molecule has 0 fully saturated rings. The molecule has 2 nitrogen and oxygen atoms in total. The fourth-order valence-electron chi connectivity index (χ4n) is 2.63. The minimum atomic E-state index is -0.596. The SMILES string of the molecule is Cc1cc(C)c(C(N)COc2cc(F)ccc2F)c(C)c1. The summed E-state index contributed by atoms with van der Waals surface area (Å²) in [5, 5.41) is 0. The molecule has 2 aromatic rings. The van der Waals surface area contributed by atoms with E-state index in [1.807, 2.05) is 32.9 Å². The highest BCUT2D eigenvalue weighted by Gasteiger charge is 2.14. The van der Waals surface area contributed by atoms with Crippen LogP contribution in [0.3, 0.4) is 0 Å². The Morgan fingerprint density at radius 2 is 1.67 bits per heavy atom. The minimum absolute atomic E-state index is 0.0884. The molecule has 21 heavy (non-hydrogen) atoms. The van der Waals surface area contributed by atoms with E-state index in [9.17, 15) is 8.78 Å². The van der Waals surface area contributed by atoms with E-state index in [4.69, 9.17) is 10.5 Å². The van der Waals surface area contributed by atoms with Gasteiger partial charge in [0.15, 0.2) is 11.6 Å². The Morgan fingerprint density at radius 1 is 1.05 bits per heavy atom. The van der Waals surface area contributed by atoms with E-state index in [0.29, 0.717) is 0 Å². The van der Waals surface area contributed by atoms with Gasteiger partial charge >= 0.3 is 0 Å². The third-order valence-corrected chi connectivity index (χ3v) is 3.42. The van der Waals surface area contributed by atoms with Crippen LogP contribution < -0.4 is 10.5 Å². The summed E-state index contributed by atoms with van der Waals surface area (Å²) in [5.41, 5.74) is 10.4. The molecule has 0 radical (unpaired) electrons. The van der Waals surface area contributed by atoms with Crippen LogP contribution >= 0.6 is 0 Å². The fourth-order valence-corrected chi connectivity index (χ4v) is 2.63. The zero-order valence-electron chi connectivity index (χ0n) is 12.4. The summed E-state index contributed by atoms with van der Waals surface area (Å²) in [6.45, 7) is 6.08. The lowest BCUT2D eigenvalue weighted by Crippen LogP contribution is -2.21. The van der Waals surface area contributed by atoms with Crippen molar-refractivity contribution >= 4 is 0 Å². The highest BCUT2D eigenvalue weighted by molar-refractivity contribution is 5.39. The molecule has 4 heteroatoms. The summed E-state index contributed by atoms with van der Waals surface area (Å²) in [7, 11) is 0. The van der Waals surface area contributed by atoms with Gasteiger partial charge in [0.2, 0.25) is 0 Å². The molecule has 0 saturated heterocycles. The number of rotatable bonds is 4. The second kappa shape index (κ2) is 6.22. The Morgan fingerprint density at radius 3 is 2.29 bits per heavy atom. The summed E-state index contributed by atoms with van der Waals surface area (Å²) >= 11 is 0. The number of hydrogen-bond donors (Lipinski definition) is 1. The third-order valence-electron chi connectivity index (χ3n) is 3.42. The van der Waals surface area contributed by atoms with Crippen molar-refractivity contribution in [2.75, 3.05) is 6.61 Å². The van der Waals surface area contributed by atoms with E-state index in [-0.39, 0.29) is 12.4 Å². The predicted molar refractivity (Wildman–Crippen MR) is 79.4 cm³/mol. The van der Waals surface area contributed by atoms with E-state index in [2.05, 4.69) is 0 Å². The second-order valence-electron chi connectivity index (χ2n) is 5.30. The number of ether oxygens (including phenoxy) is 1. The summed E-state index contributed by atoms with van der Waals surface area (Å²) in [6, 6.07) is 6.81. The molecule has 0 heterocycles. The maximum Gasteiger partial charge on any atom is 0.165 e. The molecule has 0 aliphatic heterocycles. The third kappa shape index (κ3) is 3.58. The van der Waals surface area contributed by atoms with Crippen LogP contribution in [0.5, 0.6) is 5.75 Å². The van der Waals surface area contributed by atoms with Gasteiger partial charge in [-0.3, -0.25) is 0 Å². The lowest BCUT2D eigenvalue weighted by molar-refractivity contribution is 0.275. The van der Waals surface area contributed by atoms with Crippen molar-refractivity contribution in [2.45, 2.75) is 26.8 Å². The lowest BCUT2D eigenvalue weighted by atomic mass is 9.95. The predicted octanol–water partition coefficient (Wildman–Crippen LogP) is 3.97. The Bertz CT molecular complexity index is 632. The summed E-state index contributed by atoms with van der Waals surface area (Å²) in [4.78, 5) is 0. The average Bonchev–Trinajstić information content (AvgIpc) is 2.38. The highest BCUT2D eigenvalue weighted by atomic mass is 19.1. The van der Waals surface area contributed by atoms with Gasteiger partial charge in [-0.1, -0.05) is 17.7 Å². The zero-order chi connectivity index (χ0) is 15.6. The van der Waals surface area contributed by atoms with E-state index >= 15 is 0 Å². The Labute approximate surface area is 123 Å². The van der Waals surface area contributed by atoms with E-state index in [1.165, 1.54) is 0 Å². The Balaban J connectivity index is 2.15. The normalized spacial score (nSPS) is 12.3. The van der Waals surface area contributed by atoms with Crippen molar-refractivity contribution < 1.29 is 13.5 Å². The molecular formula is C17H19F2NO. The summed E-state index contributed by atoms with van der Waals surface area (Å²) in [5.74, 6) is -1.25. The van der Waals surface area contributed by atoms with Crippen LogP contribution in [0.2, 0.25) is 0 Å². The van der Waals surface area contributed by atoms with Crippen molar-refractivity contribution in [1.82, 2.24) is 0 Å². The number of halogens is 2. The topological polar surface area (TPSA) is 35.2 Å². The molecule has 0 aliphatic carbocycles. The van der Waals surface area contributed by atoms with Crippen molar-refractivity contribution in [3.63, 3.8) is 0 Å². The van der Waals surface area contributed by atoms with Gasteiger partial charge in [-0.15, -0.1) is 0 Å². The molecule has 0 saturated carbocycles. The van der Waals surface area contributed by atoms with Crippen molar-refractivity contribution in [2.24, 2.45) is 5.73 Å². The first-order valence-electron chi connectivity index (χ1n) is 6.79. The van der Waals surface area contributed by atoms with Gasteiger partial charge in [-0.2, -0.15) is 0 Å². The Hall–Kier alpha value is -1.94. The van der Waals surface area contributed by atoms with Crippen LogP contribution in [0.4, 0.5) is 8.78 Å². The smallest absolute Gasteiger partial charge is 0.165 e. The summed E-state index contributed by atoms with van der Waals surface area (Å²) < 4.78 is 31.9. The molecule has 112 valence electrons. The van der Waals surface area contributed by atoms with Crippen molar-refractivity contribution in [1.29, 1.82) is 0 Å². The maximum absolute atomic E-state index is 13.5. The van der Waals surface area contributed by atoms with E-state index < -0.39 is 17.7 Å². The molecule has 0 aromatic heterocycles. The molecule has 0 amide bonds. The molecule has 1 atom stereocenters. The quantitative estimate of drug-likeness (QED) is 0.925. The number of nitrogens with two attached hydrogens (primary N) is 1. The molecular weight excluding hydrogens is 272 g/mol. The molecule has 0 bridgehead atoms. The highest BCUT2D eigenvalue weighted by Crippen LogP contribution is 2.24. The first-order chi connectivity index (χ1) is 9.88. The van der Waals surface area contributed by atoms with Gasteiger partial charge in [0.25, 0.3) is 0 Å². The first-order valence-corrected chi connectivity index (χ1v) is 6.79. The zero-order valence-corrected chi connectivity index (χ0v) is 12.4. The minimum Gasteiger partial charge on any atom is -0.488 e. The van der Waals surface area contributed by atoms with Crippen LogP contribution in [0, 0.1) is 32.4 Å². The van der Waals surface area contributed by atoms with Crippen LogP contribution in [0.25, 0.3) is 0 Å². The monoisotopic (exact) mass is 291 g/mol. The molecule has 2 aromatic carbocycles.